The molecular weight excluding hydrogens is 335 g/mol. The summed E-state index contributed by atoms with van der Waals surface area (Å²) in [6, 6.07) is 4.34. The van der Waals surface area contributed by atoms with Crippen LogP contribution in [-0.2, 0) is 4.79 Å². The van der Waals surface area contributed by atoms with E-state index in [4.69, 9.17) is 0 Å². The van der Waals surface area contributed by atoms with Gasteiger partial charge in [0.15, 0.2) is 0 Å². The highest BCUT2D eigenvalue weighted by Crippen LogP contribution is 2.26. The molecule has 0 bridgehead atoms. The number of amides is 2. The number of benzene rings is 1. The molecule has 136 valence electrons. The first-order valence-electron chi connectivity index (χ1n) is 8.30. The summed E-state index contributed by atoms with van der Waals surface area (Å²) in [5, 5.41) is 5.43. The Labute approximate surface area is 143 Å². The quantitative estimate of drug-likeness (QED) is 0.865. The minimum absolute atomic E-state index is 0.0976. The number of nitrogens with zero attached hydrogens (tertiary/aromatic N) is 1. The van der Waals surface area contributed by atoms with E-state index in [0.717, 1.165) is 0 Å². The zero-order valence-electron chi connectivity index (χ0n) is 13.6. The molecule has 0 saturated carbocycles. The van der Waals surface area contributed by atoms with Crippen LogP contribution in [0, 0.1) is 5.82 Å². The number of carbonyl (C=O) groups excluding carboxylic acids is 2. The number of nitrogens with one attached hydrogen (secondary N) is 2. The van der Waals surface area contributed by atoms with Crippen LogP contribution in [0.5, 0.6) is 0 Å². The summed E-state index contributed by atoms with van der Waals surface area (Å²) in [6.07, 6.45) is 0.649. The molecule has 1 unspecified atom stereocenters. The van der Waals surface area contributed by atoms with Gasteiger partial charge in [-0.25, -0.2) is 13.2 Å². The monoisotopic (exact) mass is 355 g/mol. The van der Waals surface area contributed by atoms with Crippen molar-refractivity contribution in [3.05, 3.63) is 35.6 Å². The summed E-state index contributed by atoms with van der Waals surface area (Å²) < 4.78 is 39.3. The number of likely N-dealkylation sites (tertiary alicyclic amines) is 1. The van der Waals surface area contributed by atoms with E-state index < -0.39 is 30.7 Å². The zero-order chi connectivity index (χ0) is 18.0. The lowest BCUT2D eigenvalue weighted by molar-refractivity contribution is -0.134. The van der Waals surface area contributed by atoms with Gasteiger partial charge in [-0.15, -0.1) is 0 Å². The van der Waals surface area contributed by atoms with Crippen LogP contribution < -0.4 is 10.6 Å². The lowest BCUT2D eigenvalue weighted by Crippen LogP contribution is -2.50. The predicted octanol–water partition coefficient (Wildman–Crippen LogP) is 1.54. The molecule has 2 N–H and O–H groups in total. The Hall–Kier alpha value is -2.09. The van der Waals surface area contributed by atoms with E-state index in [1.807, 2.05) is 0 Å². The minimum Gasteiger partial charge on any atom is -0.349 e. The van der Waals surface area contributed by atoms with Gasteiger partial charge in [0.25, 0.3) is 11.8 Å². The molecule has 2 fully saturated rings. The van der Waals surface area contributed by atoms with E-state index in [1.54, 1.807) is 4.90 Å². The summed E-state index contributed by atoms with van der Waals surface area (Å²) in [5.74, 6) is -3.83. The number of halogens is 3. The minimum atomic E-state index is -2.83. The summed E-state index contributed by atoms with van der Waals surface area (Å²) in [7, 11) is 0. The molecule has 0 radical (unpaired) electrons. The smallest absolute Gasteiger partial charge is 0.262 e. The second-order valence-electron chi connectivity index (χ2n) is 6.57. The van der Waals surface area contributed by atoms with Gasteiger partial charge in [0.05, 0.1) is 12.6 Å². The van der Waals surface area contributed by atoms with E-state index in [-0.39, 0.29) is 17.9 Å². The third-order valence-corrected chi connectivity index (χ3v) is 4.66. The molecule has 0 spiro atoms. The standard InChI is InChI=1S/C17H20F3N3O2/c18-12-3-1-11(2-4-12)15(24)22-13-5-7-23(8-6-13)16(25)14-9-17(19,20)10-21-14/h1-4,13-14,21H,5-10H2,(H,22,24). The first-order chi connectivity index (χ1) is 11.8. The van der Waals surface area contributed by atoms with E-state index in [0.29, 0.717) is 31.5 Å². The molecule has 8 heteroatoms. The van der Waals surface area contributed by atoms with Crippen molar-refractivity contribution in [1.29, 1.82) is 0 Å². The highest BCUT2D eigenvalue weighted by atomic mass is 19.3. The molecule has 2 heterocycles. The molecule has 1 atom stereocenters. The Morgan fingerprint density at radius 1 is 1.16 bits per heavy atom. The van der Waals surface area contributed by atoms with Crippen molar-refractivity contribution in [1.82, 2.24) is 15.5 Å². The second-order valence-corrected chi connectivity index (χ2v) is 6.57. The molecule has 25 heavy (non-hydrogen) atoms. The summed E-state index contributed by atoms with van der Waals surface area (Å²) in [6.45, 7) is 0.363. The van der Waals surface area contributed by atoms with Gasteiger partial charge in [-0.1, -0.05) is 0 Å². The van der Waals surface area contributed by atoms with Crippen molar-refractivity contribution in [2.45, 2.75) is 37.3 Å². The van der Waals surface area contributed by atoms with Crippen LogP contribution in [0.3, 0.4) is 0 Å². The van der Waals surface area contributed by atoms with Crippen molar-refractivity contribution in [3.63, 3.8) is 0 Å². The Balaban J connectivity index is 1.48. The molecule has 1 aromatic carbocycles. The maximum atomic E-state index is 13.2. The first-order valence-corrected chi connectivity index (χ1v) is 8.30. The van der Waals surface area contributed by atoms with Crippen LogP contribution in [0.4, 0.5) is 13.2 Å². The zero-order valence-corrected chi connectivity index (χ0v) is 13.6. The fourth-order valence-electron chi connectivity index (χ4n) is 3.22. The molecule has 2 saturated heterocycles. The van der Waals surface area contributed by atoms with Gasteiger partial charge in [-0.2, -0.15) is 0 Å². The fraction of sp³-hybridized carbons (Fsp3) is 0.529. The molecular formula is C17H20F3N3O2. The number of alkyl halides is 2. The fourth-order valence-corrected chi connectivity index (χ4v) is 3.22. The van der Waals surface area contributed by atoms with Crippen LogP contribution in [-0.4, -0.2) is 54.4 Å². The van der Waals surface area contributed by atoms with Crippen LogP contribution >= 0.6 is 0 Å². The highest BCUT2D eigenvalue weighted by molar-refractivity contribution is 5.94. The maximum Gasteiger partial charge on any atom is 0.262 e. The third-order valence-electron chi connectivity index (χ3n) is 4.66. The molecule has 2 amide bonds. The van der Waals surface area contributed by atoms with Crippen molar-refractivity contribution in [3.8, 4) is 0 Å². The van der Waals surface area contributed by atoms with E-state index in [1.165, 1.54) is 24.3 Å². The number of piperidine rings is 1. The van der Waals surface area contributed by atoms with Crippen LogP contribution in [0.25, 0.3) is 0 Å². The lowest BCUT2D eigenvalue weighted by atomic mass is 10.0. The SMILES string of the molecule is O=C(NC1CCN(C(=O)C2CC(F)(F)CN2)CC1)c1ccc(F)cc1. The lowest BCUT2D eigenvalue weighted by Gasteiger charge is -2.33. The topological polar surface area (TPSA) is 61.4 Å². The van der Waals surface area contributed by atoms with Crippen molar-refractivity contribution in [2.24, 2.45) is 0 Å². The summed E-state index contributed by atoms with van der Waals surface area (Å²) >= 11 is 0. The van der Waals surface area contributed by atoms with E-state index in [9.17, 15) is 22.8 Å². The summed E-state index contributed by atoms with van der Waals surface area (Å²) in [5.41, 5.74) is 0.372. The maximum absolute atomic E-state index is 13.2. The van der Waals surface area contributed by atoms with Crippen LogP contribution in [0.15, 0.2) is 24.3 Å². The molecule has 5 nitrogen and oxygen atoms in total. The Kier molecular flexibility index (Phi) is 4.99. The normalized spacial score (nSPS) is 23.5. The molecule has 2 aliphatic heterocycles. The molecule has 0 aromatic heterocycles. The number of hydrogen-bond donors (Lipinski definition) is 2. The average Bonchev–Trinajstić information content (AvgIpc) is 2.95. The van der Waals surface area contributed by atoms with Crippen molar-refractivity contribution >= 4 is 11.8 Å². The van der Waals surface area contributed by atoms with Crippen molar-refractivity contribution < 1.29 is 22.8 Å². The molecule has 2 aliphatic rings. The van der Waals surface area contributed by atoms with Crippen LogP contribution in [0.2, 0.25) is 0 Å². The van der Waals surface area contributed by atoms with Gasteiger partial charge in [-0.3, -0.25) is 14.9 Å². The Bertz CT molecular complexity index is 643. The summed E-state index contributed by atoms with van der Waals surface area (Å²) in [4.78, 5) is 26.0. The van der Waals surface area contributed by atoms with Gasteiger partial charge in [0.1, 0.15) is 5.82 Å². The van der Waals surface area contributed by atoms with E-state index >= 15 is 0 Å². The average molecular weight is 355 g/mol. The van der Waals surface area contributed by atoms with Gasteiger partial charge in [-0.05, 0) is 37.1 Å². The number of hydrogen-bond acceptors (Lipinski definition) is 3. The Morgan fingerprint density at radius 3 is 2.36 bits per heavy atom. The van der Waals surface area contributed by atoms with Crippen molar-refractivity contribution in [2.75, 3.05) is 19.6 Å². The highest BCUT2D eigenvalue weighted by Gasteiger charge is 2.43. The molecule has 3 rings (SSSR count). The van der Waals surface area contributed by atoms with Gasteiger partial charge in [0.2, 0.25) is 5.91 Å². The van der Waals surface area contributed by atoms with Crippen LogP contribution in [0.1, 0.15) is 29.6 Å². The first kappa shape index (κ1) is 17.7. The second kappa shape index (κ2) is 7.03. The third kappa shape index (κ3) is 4.31. The van der Waals surface area contributed by atoms with E-state index in [2.05, 4.69) is 10.6 Å². The van der Waals surface area contributed by atoms with Gasteiger partial charge < -0.3 is 10.2 Å². The molecule has 0 aliphatic carbocycles. The van der Waals surface area contributed by atoms with Gasteiger partial charge >= 0.3 is 0 Å². The largest absolute Gasteiger partial charge is 0.349 e. The Morgan fingerprint density at radius 2 is 1.80 bits per heavy atom. The number of rotatable bonds is 3. The molecule has 1 aromatic rings. The number of carbonyl (C=O) groups is 2. The van der Waals surface area contributed by atoms with Gasteiger partial charge in [0, 0.05) is 31.1 Å². The predicted molar refractivity (Wildman–Crippen MR) is 84.8 cm³/mol.